The SMILES string of the molecule is C=CC(F)C=C.O. The summed E-state index contributed by atoms with van der Waals surface area (Å²) in [7, 11) is 0. The highest BCUT2D eigenvalue weighted by Gasteiger charge is 1.84. The first kappa shape index (κ1) is 9.62. The molecule has 0 heterocycles. The van der Waals surface area contributed by atoms with Crippen molar-refractivity contribution >= 4 is 0 Å². The van der Waals surface area contributed by atoms with Crippen molar-refractivity contribution in [1.82, 2.24) is 0 Å². The standard InChI is InChI=1S/C5H7F.H2O/c1-3-5(6)4-2;/h3-5H,1-2H2;1H2. The molecule has 0 aliphatic heterocycles. The van der Waals surface area contributed by atoms with Crippen molar-refractivity contribution in [3.63, 3.8) is 0 Å². The molecule has 0 spiro atoms. The zero-order valence-corrected chi connectivity index (χ0v) is 4.02. The summed E-state index contributed by atoms with van der Waals surface area (Å²) in [6, 6.07) is 0. The zero-order chi connectivity index (χ0) is 4.99. The van der Waals surface area contributed by atoms with Gasteiger partial charge in [-0.25, -0.2) is 4.39 Å². The van der Waals surface area contributed by atoms with E-state index in [0.29, 0.717) is 0 Å². The third-order valence-electron chi connectivity index (χ3n) is 0.450. The van der Waals surface area contributed by atoms with Gasteiger partial charge in [-0.2, -0.15) is 0 Å². The lowest BCUT2D eigenvalue weighted by Crippen LogP contribution is -1.82. The second-order valence-corrected chi connectivity index (χ2v) is 0.916. The Labute approximate surface area is 42.5 Å². The van der Waals surface area contributed by atoms with Crippen LogP contribution in [0.5, 0.6) is 0 Å². The Balaban J connectivity index is 0. The van der Waals surface area contributed by atoms with E-state index < -0.39 is 6.17 Å². The van der Waals surface area contributed by atoms with Crippen molar-refractivity contribution in [1.29, 1.82) is 0 Å². The first-order valence-electron chi connectivity index (χ1n) is 1.70. The van der Waals surface area contributed by atoms with Crippen LogP contribution in [0.4, 0.5) is 4.39 Å². The Morgan fingerprint density at radius 3 is 1.57 bits per heavy atom. The molecule has 0 saturated heterocycles. The summed E-state index contributed by atoms with van der Waals surface area (Å²) in [5.41, 5.74) is 0. The lowest BCUT2D eigenvalue weighted by molar-refractivity contribution is 0.470. The van der Waals surface area contributed by atoms with Crippen LogP contribution in [-0.4, -0.2) is 11.6 Å². The molecule has 0 bridgehead atoms. The highest BCUT2D eigenvalue weighted by atomic mass is 19.1. The van der Waals surface area contributed by atoms with E-state index in [2.05, 4.69) is 13.2 Å². The normalized spacial score (nSPS) is 7.14. The van der Waals surface area contributed by atoms with Gasteiger partial charge in [-0.1, -0.05) is 25.3 Å². The minimum atomic E-state index is -1.04. The maximum atomic E-state index is 11.6. The number of allylic oxidation sites excluding steroid dienone is 2. The third kappa shape index (κ3) is 5.37. The lowest BCUT2D eigenvalue weighted by Gasteiger charge is -1.83. The highest BCUT2D eigenvalue weighted by Crippen LogP contribution is 1.88. The summed E-state index contributed by atoms with van der Waals surface area (Å²) in [5, 5.41) is 0. The van der Waals surface area contributed by atoms with E-state index in [9.17, 15) is 4.39 Å². The molecule has 7 heavy (non-hydrogen) atoms. The third-order valence-corrected chi connectivity index (χ3v) is 0.450. The molecule has 0 saturated carbocycles. The van der Waals surface area contributed by atoms with E-state index >= 15 is 0 Å². The Morgan fingerprint density at radius 2 is 1.57 bits per heavy atom. The second kappa shape index (κ2) is 5.37. The Kier molecular flexibility index (Phi) is 7.38. The Morgan fingerprint density at radius 1 is 1.29 bits per heavy atom. The van der Waals surface area contributed by atoms with Gasteiger partial charge in [-0.15, -0.1) is 0 Å². The molecule has 0 aromatic carbocycles. The van der Waals surface area contributed by atoms with Gasteiger partial charge in [0.1, 0.15) is 6.17 Å². The molecule has 0 aliphatic carbocycles. The second-order valence-electron chi connectivity index (χ2n) is 0.916. The van der Waals surface area contributed by atoms with Gasteiger partial charge in [0.2, 0.25) is 0 Å². The first-order valence-corrected chi connectivity index (χ1v) is 1.70. The molecule has 0 radical (unpaired) electrons. The Hall–Kier alpha value is -0.630. The molecule has 2 N–H and O–H groups in total. The predicted molar refractivity (Wildman–Crippen MR) is 28.9 cm³/mol. The molecule has 0 atom stereocenters. The molecule has 42 valence electrons. The Bertz CT molecular complexity index is 53.1. The van der Waals surface area contributed by atoms with E-state index in [1.807, 2.05) is 0 Å². The molecule has 0 fully saturated rings. The topological polar surface area (TPSA) is 31.5 Å². The van der Waals surface area contributed by atoms with E-state index in [4.69, 9.17) is 0 Å². The molecular formula is C5H9FO. The number of alkyl halides is 1. The van der Waals surface area contributed by atoms with Gasteiger partial charge < -0.3 is 5.48 Å². The van der Waals surface area contributed by atoms with Crippen molar-refractivity contribution in [2.45, 2.75) is 6.17 Å². The summed E-state index contributed by atoms with van der Waals surface area (Å²) in [4.78, 5) is 0. The summed E-state index contributed by atoms with van der Waals surface area (Å²) in [5.74, 6) is 0. The van der Waals surface area contributed by atoms with Gasteiger partial charge in [-0.05, 0) is 0 Å². The minimum Gasteiger partial charge on any atom is -0.412 e. The molecule has 1 nitrogen and oxygen atoms in total. The highest BCUT2D eigenvalue weighted by molar-refractivity contribution is 4.91. The van der Waals surface area contributed by atoms with Crippen LogP contribution in [-0.2, 0) is 0 Å². The van der Waals surface area contributed by atoms with Crippen LogP contribution < -0.4 is 0 Å². The van der Waals surface area contributed by atoms with Crippen LogP contribution in [0, 0.1) is 0 Å². The average molecular weight is 104 g/mol. The van der Waals surface area contributed by atoms with Crippen LogP contribution in [0.3, 0.4) is 0 Å². The maximum absolute atomic E-state index is 11.6. The summed E-state index contributed by atoms with van der Waals surface area (Å²) in [6.07, 6.45) is 1.34. The van der Waals surface area contributed by atoms with Crippen LogP contribution in [0.25, 0.3) is 0 Å². The number of rotatable bonds is 2. The fourth-order valence-corrected chi connectivity index (χ4v) is 0.0962. The summed E-state index contributed by atoms with van der Waals surface area (Å²) in [6.45, 7) is 6.37. The van der Waals surface area contributed by atoms with Crippen molar-refractivity contribution in [2.24, 2.45) is 0 Å². The van der Waals surface area contributed by atoms with Gasteiger partial charge in [0, 0.05) is 0 Å². The molecule has 0 aromatic rings. The number of hydrogen-bond donors (Lipinski definition) is 0. The smallest absolute Gasteiger partial charge is 0.136 e. The quantitative estimate of drug-likeness (QED) is 0.465. The molecular weight excluding hydrogens is 95.1 g/mol. The fraction of sp³-hybridized carbons (Fsp3) is 0.200. The number of halogens is 1. The largest absolute Gasteiger partial charge is 0.412 e. The van der Waals surface area contributed by atoms with E-state index in [1.54, 1.807) is 0 Å². The molecule has 0 amide bonds. The van der Waals surface area contributed by atoms with Crippen LogP contribution in [0.2, 0.25) is 0 Å². The minimum absolute atomic E-state index is 0. The van der Waals surface area contributed by atoms with Crippen molar-refractivity contribution in [3.05, 3.63) is 25.3 Å². The summed E-state index contributed by atoms with van der Waals surface area (Å²) >= 11 is 0. The first-order chi connectivity index (χ1) is 2.81. The van der Waals surface area contributed by atoms with Crippen molar-refractivity contribution in [3.8, 4) is 0 Å². The summed E-state index contributed by atoms with van der Waals surface area (Å²) < 4.78 is 11.6. The monoisotopic (exact) mass is 104 g/mol. The molecule has 0 aromatic heterocycles. The lowest BCUT2D eigenvalue weighted by atomic mass is 10.4. The van der Waals surface area contributed by atoms with E-state index in [0.717, 1.165) is 0 Å². The van der Waals surface area contributed by atoms with Crippen LogP contribution in [0.1, 0.15) is 0 Å². The van der Waals surface area contributed by atoms with Gasteiger partial charge >= 0.3 is 0 Å². The van der Waals surface area contributed by atoms with Crippen LogP contribution in [0.15, 0.2) is 25.3 Å². The molecule has 2 heteroatoms. The van der Waals surface area contributed by atoms with Gasteiger partial charge in [-0.3, -0.25) is 0 Å². The maximum Gasteiger partial charge on any atom is 0.136 e. The zero-order valence-electron chi connectivity index (χ0n) is 4.02. The van der Waals surface area contributed by atoms with E-state index in [1.165, 1.54) is 12.2 Å². The van der Waals surface area contributed by atoms with Crippen molar-refractivity contribution < 1.29 is 9.87 Å². The molecule has 0 aliphatic rings. The fourth-order valence-electron chi connectivity index (χ4n) is 0.0962. The van der Waals surface area contributed by atoms with Gasteiger partial charge in [0.15, 0.2) is 0 Å². The molecule has 0 rings (SSSR count). The molecule has 0 unspecified atom stereocenters. The predicted octanol–water partition coefficient (Wildman–Crippen LogP) is 0.872. The number of hydrogen-bond acceptors (Lipinski definition) is 0. The van der Waals surface area contributed by atoms with Crippen molar-refractivity contribution in [2.75, 3.05) is 0 Å². The van der Waals surface area contributed by atoms with Gasteiger partial charge in [0.25, 0.3) is 0 Å². The van der Waals surface area contributed by atoms with E-state index in [-0.39, 0.29) is 5.48 Å². The average Bonchev–Trinajstić information content (AvgIpc) is 1.65. The van der Waals surface area contributed by atoms with Gasteiger partial charge in [0.05, 0.1) is 0 Å². The van der Waals surface area contributed by atoms with Crippen LogP contribution >= 0.6 is 0 Å².